The maximum absolute atomic E-state index is 11.4. The molecule has 7 heteroatoms. The molecule has 0 amide bonds. The molecule has 2 bridgehead atoms. The summed E-state index contributed by atoms with van der Waals surface area (Å²) in [5, 5.41) is 31.8. The summed E-state index contributed by atoms with van der Waals surface area (Å²) in [5.74, 6) is 0.626. The lowest BCUT2D eigenvalue weighted by molar-refractivity contribution is -0.148. The zero-order valence-corrected chi connectivity index (χ0v) is 18.3. The topological polar surface area (TPSA) is 119 Å². The fraction of sp³-hybridized carbons (Fsp3) is 0.440. The summed E-state index contributed by atoms with van der Waals surface area (Å²) in [4.78, 5) is 11.4. The number of fused-ring (bicyclic) bond motifs is 2. The standard InChI is InChI=1S/C25H24N4O3/c1-14(30)31-21-10-16-6-9-19(21)23(16)29-18-7-4-15(5-8-18)22-20(13-28)24(17(11-26)12-27)32-25(22,2)3/h4-5,7-8,16,19,21,23,29H,6,9-10H2,1-3H3/t16-,19+,21-,23-/m1/s1. The SMILES string of the molecule is CC(=O)O[C@@H]1C[C@H]2CC[C@@H]1[C@@H]2Nc1ccc(C2=C(C#N)C(=C(C#N)C#N)OC2(C)C)cc1. The second-order valence-electron chi connectivity index (χ2n) is 9.03. The van der Waals surface area contributed by atoms with Gasteiger partial charge in [0.1, 0.15) is 35.5 Å². The molecule has 2 fully saturated rings. The van der Waals surface area contributed by atoms with E-state index < -0.39 is 5.60 Å². The summed E-state index contributed by atoms with van der Waals surface area (Å²) in [6, 6.07) is 13.8. The fourth-order valence-electron chi connectivity index (χ4n) is 5.44. The van der Waals surface area contributed by atoms with Crippen LogP contribution < -0.4 is 5.32 Å². The number of hydrogen-bond donors (Lipinski definition) is 1. The Morgan fingerprint density at radius 3 is 2.44 bits per heavy atom. The molecule has 1 aromatic carbocycles. The molecule has 3 aliphatic rings. The molecule has 1 aromatic rings. The number of nitrogens with zero attached hydrogens (tertiary/aromatic N) is 3. The second kappa shape index (κ2) is 8.06. The van der Waals surface area contributed by atoms with Crippen LogP contribution in [-0.2, 0) is 14.3 Å². The van der Waals surface area contributed by atoms with Crippen molar-refractivity contribution in [3.8, 4) is 18.2 Å². The number of esters is 1. The number of benzene rings is 1. The average molecular weight is 428 g/mol. The van der Waals surface area contributed by atoms with E-state index in [1.807, 2.05) is 50.3 Å². The molecular weight excluding hydrogens is 404 g/mol. The lowest BCUT2D eigenvalue weighted by Gasteiger charge is -2.24. The Kier molecular flexibility index (Phi) is 5.41. The minimum Gasteiger partial charge on any atom is -0.480 e. The van der Waals surface area contributed by atoms with Gasteiger partial charge in [0, 0.05) is 30.1 Å². The normalized spacial score (nSPS) is 27.2. The van der Waals surface area contributed by atoms with E-state index in [-0.39, 0.29) is 35.0 Å². The summed E-state index contributed by atoms with van der Waals surface area (Å²) in [7, 11) is 0. The number of hydrogen-bond acceptors (Lipinski definition) is 7. The highest BCUT2D eigenvalue weighted by molar-refractivity contribution is 5.84. The van der Waals surface area contributed by atoms with E-state index in [4.69, 9.17) is 9.47 Å². The Morgan fingerprint density at radius 1 is 1.16 bits per heavy atom. The summed E-state index contributed by atoms with van der Waals surface area (Å²) in [6.45, 7) is 5.09. The van der Waals surface area contributed by atoms with Crippen LogP contribution in [0.1, 0.15) is 45.6 Å². The zero-order valence-electron chi connectivity index (χ0n) is 18.3. The lowest BCUT2D eigenvalue weighted by Crippen LogP contribution is -2.29. The van der Waals surface area contributed by atoms with Gasteiger partial charge >= 0.3 is 5.97 Å². The predicted molar refractivity (Wildman–Crippen MR) is 116 cm³/mol. The maximum Gasteiger partial charge on any atom is 0.302 e. The van der Waals surface area contributed by atoms with E-state index in [0.29, 0.717) is 17.4 Å². The molecular formula is C25H24N4O3. The van der Waals surface area contributed by atoms with Crippen LogP contribution in [0.2, 0.25) is 0 Å². The van der Waals surface area contributed by atoms with E-state index in [1.54, 1.807) is 0 Å². The molecule has 2 aliphatic carbocycles. The van der Waals surface area contributed by atoms with Crippen molar-refractivity contribution in [2.75, 3.05) is 5.32 Å². The van der Waals surface area contributed by atoms with E-state index in [2.05, 4.69) is 11.4 Å². The highest BCUT2D eigenvalue weighted by atomic mass is 16.5. The number of carbonyl (C=O) groups excluding carboxylic acids is 1. The molecule has 0 saturated heterocycles. The number of ether oxygens (including phenoxy) is 2. The Balaban J connectivity index is 1.59. The molecule has 1 N–H and O–H groups in total. The van der Waals surface area contributed by atoms with Crippen LogP contribution in [0.25, 0.3) is 5.57 Å². The van der Waals surface area contributed by atoms with Crippen LogP contribution in [0.5, 0.6) is 0 Å². The monoisotopic (exact) mass is 428 g/mol. The minimum atomic E-state index is -0.851. The van der Waals surface area contributed by atoms with Crippen molar-refractivity contribution in [1.82, 2.24) is 0 Å². The van der Waals surface area contributed by atoms with Crippen molar-refractivity contribution >= 4 is 17.2 Å². The number of rotatable bonds is 4. The molecule has 4 atom stereocenters. The van der Waals surface area contributed by atoms with Gasteiger partial charge in [0.05, 0.1) is 0 Å². The zero-order chi connectivity index (χ0) is 23.0. The molecule has 2 saturated carbocycles. The van der Waals surface area contributed by atoms with Crippen molar-refractivity contribution in [1.29, 1.82) is 15.8 Å². The molecule has 7 nitrogen and oxygen atoms in total. The van der Waals surface area contributed by atoms with Crippen LogP contribution in [0.3, 0.4) is 0 Å². The van der Waals surface area contributed by atoms with Gasteiger partial charge in [0.25, 0.3) is 0 Å². The number of allylic oxidation sites excluding steroid dienone is 2. The summed E-state index contributed by atoms with van der Waals surface area (Å²) in [6.07, 6.45) is 3.08. The molecule has 162 valence electrons. The Bertz CT molecular complexity index is 1130. The molecule has 0 aromatic heterocycles. The smallest absolute Gasteiger partial charge is 0.302 e. The molecule has 4 rings (SSSR count). The van der Waals surface area contributed by atoms with Crippen LogP contribution in [0.4, 0.5) is 5.69 Å². The average Bonchev–Trinajstić information content (AvgIpc) is 3.37. The van der Waals surface area contributed by atoms with Gasteiger partial charge in [0.15, 0.2) is 11.3 Å². The maximum atomic E-state index is 11.4. The van der Waals surface area contributed by atoms with Crippen LogP contribution in [0.15, 0.2) is 41.2 Å². The van der Waals surface area contributed by atoms with Gasteiger partial charge in [-0.15, -0.1) is 0 Å². The number of nitriles is 3. The van der Waals surface area contributed by atoms with Gasteiger partial charge < -0.3 is 14.8 Å². The first-order chi connectivity index (χ1) is 15.3. The molecule has 0 radical (unpaired) electrons. The highest BCUT2D eigenvalue weighted by Crippen LogP contribution is 2.48. The van der Waals surface area contributed by atoms with E-state index in [0.717, 1.165) is 30.5 Å². The van der Waals surface area contributed by atoms with Gasteiger partial charge in [0.2, 0.25) is 0 Å². The molecule has 0 unspecified atom stereocenters. The Morgan fingerprint density at radius 2 is 1.84 bits per heavy atom. The van der Waals surface area contributed by atoms with E-state index >= 15 is 0 Å². The number of carbonyl (C=O) groups is 1. The van der Waals surface area contributed by atoms with Gasteiger partial charge in [-0.3, -0.25) is 4.79 Å². The van der Waals surface area contributed by atoms with Gasteiger partial charge in [-0.05, 0) is 56.7 Å². The summed E-state index contributed by atoms with van der Waals surface area (Å²) >= 11 is 0. The lowest BCUT2D eigenvalue weighted by atomic mass is 9.89. The number of anilines is 1. The van der Waals surface area contributed by atoms with Crippen molar-refractivity contribution in [2.45, 2.75) is 57.8 Å². The van der Waals surface area contributed by atoms with E-state index in [9.17, 15) is 20.6 Å². The fourth-order valence-corrected chi connectivity index (χ4v) is 5.44. The molecule has 1 heterocycles. The van der Waals surface area contributed by atoms with Crippen LogP contribution >= 0.6 is 0 Å². The molecule has 32 heavy (non-hydrogen) atoms. The van der Waals surface area contributed by atoms with E-state index in [1.165, 1.54) is 6.92 Å². The third-order valence-corrected chi connectivity index (χ3v) is 6.68. The molecule has 0 spiro atoms. The summed E-state index contributed by atoms with van der Waals surface area (Å²) < 4.78 is 11.4. The predicted octanol–water partition coefficient (Wildman–Crippen LogP) is 4.22. The van der Waals surface area contributed by atoms with Crippen LogP contribution in [0, 0.1) is 45.8 Å². The van der Waals surface area contributed by atoms with Crippen molar-refractivity contribution in [2.24, 2.45) is 11.8 Å². The van der Waals surface area contributed by atoms with Crippen molar-refractivity contribution < 1.29 is 14.3 Å². The second-order valence-corrected chi connectivity index (χ2v) is 9.03. The largest absolute Gasteiger partial charge is 0.480 e. The number of nitrogens with one attached hydrogen (secondary N) is 1. The third-order valence-electron chi connectivity index (χ3n) is 6.68. The Labute approximate surface area is 187 Å². The third kappa shape index (κ3) is 3.59. The first-order valence-electron chi connectivity index (χ1n) is 10.7. The minimum absolute atomic E-state index is 0.0116. The van der Waals surface area contributed by atoms with Gasteiger partial charge in [-0.1, -0.05) is 12.1 Å². The van der Waals surface area contributed by atoms with Crippen molar-refractivity contribution in [3.63, 3.8) is 0 Å². The first-order valence-corrected chi connectivity index (χ1v) is 10.7. The highest BCUT2D eigenvalue weighted by Gasteiger charge is 2.49. The Hall–Kier alpha value is -3.76. The molecule has 1 aliphatic heterocycles. The summed E-state index contributed by atoms with van der Waals surface area (Å²) in [5.41, 5.74) is 1.57. The van der Waals surface area contributed by atoms with Gasteiger partial charge in [-0.2, -0.15) is 15.8 Å². The first kappa shape index (κ1) is 21.5. The van der Waals surface area contributed by atoms with Crippen molar-refractivity contribution in [3.05, 3.63) is 46.7 Å². The van der Waals surface area contributed by atoms with Crippen LogP contribution in [-0.4, -0.2) is 23.7 Å². The quantitative estimate of drug-likeness (QED) is 0.563. The van der Waals surface area contributed by atoms with Gasteiger partial charge in [-0.25, -0.2) is 0 Å².